The maximum absolute atomic E-state index is 15.6. The van der Waals surface area contributed by atoms with Crippen molar-refractivity contribution in [1.82, 2.24) is 9.34 Å². The minimum atomic E-state index is -3.00. The Kier molecular flexibility index (Phi) is 8.70. The van der Waals surface area contributed by atoms with E-state index in [4.69, 9.17) is 0 Å². The highest BCUT2D eigenvalue weighted by Crippen LogP contribution is 2.70. The summed E-state index contributed by atoms with van der Waals surface area (Å²) >= 11 is 0. The van der Waals surface area contributed by atoms with Gasteiger partial charge in [0.25, 0.3) is 0 Å². The maximum Gasteiger partial charge on any atom is 0.186 e. The van der Waals surface area contributed by atoms with Gasteiger partial charge in [-0.2, -0.15) is 0 Å². The molecule has 2 aliphatic carbocycles. The molecule has 4 aromatic rings. The van der Waals surface area contributed by atoms with E-state index in [-0.39, 0.29) is 35.2 Å². The van der Waals surface area contributed by atoms with Crippen LogP contribution >= 0.6 is 14.6 Å². The van der Waals surface area contributed by atoms with Crippen molar-refractivity contribution in [3.05, 3.63) is 181 Å². The second-order valence-electron chi connectivity index (χ2n) is 13.3. The van der Waals surface area contributed by atoms with E-state index in [1.54, 1.807) is 0 Å². The summed E-state index contributed by atoms with van der Waals surface area (Å²) in [6.45, 7) is 1.40. The summed E-state index contributed by atoms with van der Waals surface area (Å²) in [7, 11) is -5.99. The molecule has 2 saturated heterocycles. The highest BCUT2D eigenvalue weighted by Gasteiger charge is 2.57. The minimum Gasteiger partial charge on any atom is -0.301 e. The lowest BCUT2D eigenvalue weighted by Crippen LogP contribution is -2.30. The van der Waals surface area contributed by atoms with E-state index in [0.717, 1.165) is 23.5 Å². The molecule has 242 valence electrons. The molecule has 0 N–H and O–H groups in total. The smallest absolute Gasteiger partial charge is 0.186 e. The lowest BCUT2D eigenvalue weighted by Gasteiger charge is -2.34. The van der Waals surface area contributed by atoms with E-state index >= 15 is 9.13 Å². The first-order chi connectivity index (χ1) is 23.6. The van der Waals surface area contributed by atoms with Gasteiger partial charge >= 0.3 is 0 Å². The second-order valence-corrected chi connectivity index (χ2v) is 19.1. The van der Waals surface area contributed by atoms with Crippen molar-refractivity contribution in [3.8, 4) is 0 Å². The third-order valence-corrected chi connectivity index (χ3v) is 17.9. The van der Waals surface area contributed by atoms with E-state index in [1.807, 2.05) is 36.4 Å². The molecule has 48 heavy (non-hydrogen) atoms. The standard InChI is InChI=1S/C42H42N2O2P2/c45-47(35-23-9-3-10-24-35)39-29-15-13-27-37(39)41(33-19-5-1-6-20-33)43(47)31-17-18-32-44-42(34-21-7-2-8-22-34)38-28-14-16-30-40(38)48(44,46)36-25-11-4-12-26-36/h1-16,19-30,37-42H,17-18,31-32H2/t37-,38+,39+,40-,41+,42-,47+,48-. The summed E-state index contributed by atoms with van der Waals surface area (Å²) in [5.41, 5.74) is 2.27. The van der Waals surface area contributed by atoms with Crippen molar-refractivity contribution in [3.63, 3.8) is 0 Å². The molecule has 0 saturated carbocycles. The Morgan fingerprint density at radius 3 is 1.15 bits per heavy atom. The summed E-state index contributed by atoms with van der Waals surface area (Å²) in [6, 6.07) is 41.6. The van der Waals surface area contributed by atoms with E-state index in [0.29, 0.717) is 13.1 Å². The van der Waals surface area contributed by atoms with Crippen LogP contribution in [0.15, 0.2) is 170 Å². The Labute approximate surface area is 285 Å². The number of allylic oxidation sites excluding steroid dienone is 6. The van der Waals surface area contributed by atoms with Crippen molar-refractivity contribution in [2.24, 2.45) is 11.8 Å². The van der Waals surface area contributed by atoms with Gasteiger partial charge in [0, 0.05) is 47.6 Å². The SMILES string of the molecule is O=[P@]1(c2ccccc2)[C@@H]2C=CC=C[C@@H]2[C@@H](c2ccccc2)N1CCCCN1[C@@H](c2ccccc2)[C@@H]2C=CC=C[C@@H]2[P@@]1(=O)c1ccccc1. The number of benzene rings is 4. The molecule has 0 radical (unpaired) electrons. The van der Waals surface area contributed by atoms with Crippen LogP contribution in [0.25, 0.3) is 0 Å². The third-order valence-electron chi connectivity index (χ3n) is 10.8. The molecule has 0 spiro atoms. The van der Waals surface area contributed by atoms with Gasteiger partial charge in [0.05, 0.1) is 11.3 Å². The first-order valence-corrected chi connectivity index (χ1v) is 20.7. The summed E-state index contributed by atoms with van der Waals surface area (Å²) < 4.78 is 35.9. The van der Waals surface area contributed by atoms with E-state index in [1.165, 1.54) is 11.1 Å². The molecule has 2 aliphatic heterocycles. The molecule has 8 rings (SSSR count). The van der Waals surface area contributed by atoms with Gasteiger partial charge < -0.3 is 9.13 Å². The summed E-state index contributed by atoms with van der Waals surface area (Å²) in [5, 5.41) is 1.86. The molecular weight excluding hydrogens is 626 g/mol. The number of rotatable bonds is 9. The highest BCUT2D eigenvalue weighted by atomic mass is 31.2. The third kappa shape index (κ3) is 5.22. The van der Waals surface area contributed by atoms with Gasteiger partial charge in [-0.05, 0) is 24.0 Å². The van der Waals surface area contributed by atoms with Crippen molar-refractivity contribution in [2.75, 3.05) is 13.1 Å². The zero-order chi connectivity index (χ0) is 32.6. The Hall–Kier alpha value is -3.78. The Morgan fingerprint density at radius 2 is 0.771 bits per heavy atom. The van der Waals surface area contributed by atoms with Crippen molar-refractivity contribution in [1.29, 1.82) is 0 Å². The van der Waals surface area contributed by atoms with Gasteiger partial charge in [-0.3, -0.25) is 0 Å². The molecule has 8 atom stereocenters. The highest BCUT2D eigenvalue weighted by molar-refractivity contribution is 7.71. The van der Waals surface area contributed by atoms with Gasteiger partial charge in [-0.15, -0.1) is 0 Å². The van der Waals surface area contributed by atoms with Crippen molar-refractivity contribution in [2.45, 2.75) is 36.2 Å². The molecule has 0 amide bonds. The Bertz CT molecular complexity index is 1800. The lowest BCUT2D eigenvalue weighted by molar-refractivity contribution is 0.283. The first kappa shape index (κ1) is 31.5. The fraction of sp³-hybridized carbons (Fsp3) is 0.238. The molecule has 4 aromatic carbocycles. The van der Waals surface area contributed by atoms with Gasteiger partial charge in [0.15, 0.2) is 14.6 Å². The Morgan fingerprint density at radius 1 is 0.438 bits per heavy atom. The maximum atomic E-state index is 15.6. The molecule has 0 unspecified atom stereocenters. The van der Waals surface area contributed by atoms with Crippen molar-refractivity contribution < 1.29 is 9.13 Å². The van der Waals surface area contributed by atoms with Crippen LogP contribution < -0.4 is 10.6 Å². The van der Waals surface area contributed by atoms with E-state index < -0.39 is 14.6 Å². The van der Waals surface area contributed by atoms with E-state index in [9.17, 15) is 0 Å². The van der Waals surface area contributed by atoms with Gasteiger partial charge in [-0.1, -0.05) is 170 Å². The van der Waals surface area contributed by atoms with Crippen LogP contribution in [0.3, 0.4) is 0 Å². The Balaban J connectivity index is 1.13. The number of nitrogens with zero attached hydrogens (tertiary/aromatic N) is 2. The van der Waals surface area contributed by atoms with Crippen molar-refractivity contribution >= 4 is 25.2 Å². The molecular formula is C42H42N2O2P2. The molecule has 0 aromatic heterocycles. The molecule has 4 nitrogen and oxygen atoms in total. The fourth-order valence-electron chi connectivity index (χ4n) is 8.75. The van der Waals surface area contributed by atoms with Gasteiger partial charge in [-0.25, -0.2) is 9.34 Å². The summed E-state index contributed by atoms with van der Waals surface area (Å²) in [5.74, 6) is 0.258. The monoisotopic (exact) mass is 668 g/mol. The topological polar surface area (TPSA) is 40.6 Å². The van der Waals surface area contributed by atoms with Crippen LogP contribution in [0.4, 0.5) is 0 Å². The van der Waals surface area contributed by atoms with Crippen LogP contribution in [-0.4, -0.2) is 33.7 Å². The van der Waals surface area contributed by atoms with Crippen LogP contribution in [0.1, 0.15) is 36.1 Å². The quantitative estimate of drug-likeness (QED) is 0.132. The predicted molar refractivity (Wildman–Crippen MR) is 199 cm³/mol. The van der Waals surface area contributed by atoms with Crippen LogP contribution in [0, 0.1) is 11.8 Å². The van der Waals surface area contributed by atoms with Gasteiger partial charge in [0.2, 0.25) is 0 Å². The largest absolute Gasteiger partial charge is 0.301 e. The lowest BCUT2D eigenvalue weighted by atomic mass is 9.87. The van der Waals surface area contributed by atoms with Crippen LogP contribution in [0.2, 0.25) is 0 Å². The van der Waals surface area contributed by atoms with Gasteiger partial charge in [0.1, 0.15) is 0 Å². The summed E-state index contributed by atoms with van der Waals surface area (Å²) in [6.07, 6.45) is 19.0. The minimum absolute atomic E-state index is 0.0147. The molecule has 2 fully saturated rings. The number of hydrogen-bond acceptors (Lipinski definition) is 2. The number of fused-ring (bicyclic) bond motifs is 2. The molecule has 6 heteroatoms. The number of hydrogen-bond donors (Lipinski definition) is 0. The first-order valence-electron chi connectivity index (χ1n) is 17.3. The van der Waals surface area contributed by atoms with E-state index in [2.05, 4.69) is 143 Å². The molecule has 2 heterocycles. The summed E-state index contributed by atoms with van der Waals surface area (Å²) in [4.78, 5) is 0. The fourth-order valence-corrected chi connectivity index (χ4v) is 16.2. The average molecular weight is 669 g/mol. The molecule has 0 bridgehead atoms. The average Bonchev–Trinajstić information content (AvgIpc) is 3.57. The number of unbranched alkanes of at least 4 members (excludes halogenated alkanes) is 1. The second kappa shape index (κ2) is 13.3. The zero-order valence-electron chi connectivity index (χ0n) is 27.1. The predicted octanol–water partition coefficient (Wildman–Crippen LogP) is 9.31. The zero-order valence-corrected chi connectivity index (χ0v) is 28.9. The normalized spacial score (nSPS) is 32.3. The van der Waals surface area contributed by atoms with Crippen LogP contribution in [0.5, 0.6) is 0 Å². The van der Waals surface area contributed by atoms with Crippen LogP contribution in [-0.2, 0) is 9.13 Å². The molecule has 4 aliphatic rings.